The summed E-state index contributed by atoms with van der Waals surface area (Å²) in [4.78, 5) is 25.7. The topological polar surface area (TPSA) is 107 Å². The first kappa shape index (κ1) is 23.4. The standard InChI is InChI=1S/C26H23N3O6/c1-32-21-10-9-18(14-23(21)33-2)15-27-29-26(31)20(28-25(30)19-6-4-3-5-7-19)12-17-8-11-22-24(13-17)35-16-34-22/h3-15H,16H2,1-2H3,(H,28,30)(H,29,31)/b20-12+,27-15+. The maximum Gasteiger partial charge on any atom is 0.287 e. The monoisotopic (exact) mass is 473 g/mol. The second-order valence-corrected chi connectivity index (χ2v) is 7.30. The molecule has 1 aliphatic rings. The molecule has 0 bridgehead atoms. The fraction of sp³-hybridized carbons (Fsp3) is 0.115. The van der Waals surface area contributed by atoms with Gasteiger partial charge in [-0.1, -0.05) is 24.3 Å². The van der Waals surface area contributed by atoms with Crippen LogP contribution in [0, 0.1) is 0 Å². The number of hydrogen-bond donors (Lipinski definition) is 2. The van der Waals surface area contributed by atoms with Crippen LogP contribution in [0.5, 0.6) is 23.0 Å². The van der Waals surface area contributed by atoms with E-state index < -0.39 is 11.8 Å². The van der Waals surface area contributed by atoms with Crippen molar-refractivity contribution in [1.29, 1.82) is 0 Å². The van der Waals surface area contributed by atoms with Crippen molar-refractivity contribution < 1.29 is 28.5 Å². The lowest BCUT2D eigenvalue weighted by Crippen LogP contribution is -2.32. The molecule has 0 aliphatic carbocycles. The summed E-state index contributed by atoms with van der Waals surface area (Å²) in [6, 6.07) is 19.0. The lowest BCUT2D eigenvalue weighted by molar-refractivity contribution is -0.117. The molecule has 1 aliphatic heterocycles. The number of nitrogens with one attached hydrogen (secondary N) is 2. The summed E-state index contributed by atoms with van der Waals surface area (Å²) in [7, 11) is 3.08. The minimum atomic E-state index is -0.608. The Bertz CT molecular complexity index is 1290. The van der Waals surface area contributed by atoms with Gasteiger partial charge in [0.1, 0.15) is 5.70 Å². The molecule has 4 rings (SSSR count). The van der Waals surface area contributed by atoms with E-state index >= 15 is 0 Å². The van der Waals surface area contributed by atoms with E-state index in [1.807, 2.05) is 0 Å². The summed E-state index contributed by atoms with van der Waals surface area (Å²) in [6.07, 6.45) is 2.99. The van der Waals surface area contributed by atoms with Crippen LogP contribution in [0.3, 0.4) is 0 Å². The van der Waals surface area contributed by atoms with E-state index in [4.69, 9.17) is 18.9 Å². The number of amides is 2. The molecule has 0 fully saturated rings. The van der Waals surface area contributed by atoms with Crippen molar-refractivity contribution in [2.45, 2.75) is 0 Å². The number of methoxy groups -OCH3 is 2. The summed E-state index contributed by atoms with van der Waals surface area (Å²) < 4.78 is 21.2. The number of carbonyl (C=O) groups is 2. The van der Waals surface area contributed by atoms with Gasteiger partial charge in [0.05, 0.1) is 20.4 Å². The molecule has 0 aromatic heterocycles. The second kappa shape index (κ2) is 10.9. The molecule has 178 valence electrons. The average molecular weight is 473 g/mol. The lowest BCUT2D eigenvalue weighted by atomic mass is 10.1. The van der Waals surface area contributed by atoms with E-state index in [2.05, 4.69) is 15.8 Å². The molecule has 0 saturated heterocycles. The number of hydrazone groups is 1. The number of nitrogens with zero attached hydrogens (tertiary/aromatic N) is 1. The number of benzene rings is 3. The van der Waals surface area contributed by atoms with Crippen LogP contribution in [-0.2, 0) is 4.79 Å². The Morgan fingerprint density at radius 1 is 0.886 bits per heavy atom. The summed E-state index contributed by atoms with van der Waals surface area (Å²) in [5.74, 6) is 1.23. The third-order valence-corrected chi connectivity index (χ3v) is 5.02. The molecule has 0 unspecified atom stereocenters. The van der Waals surface area contributed by atoms with Crippen molar-refractivity contribution in [3.8, 4) is 23.0 Å². The highest BCUT2D eigenvalue weighted by Gasteiger charge is 2.17. The summed E-state index contributed by atoms with van der Waals surface area (Å²) >= 11 is 0. The van der Waals surface area contributed by atoms with Gasteiger partial charge in [-0.15, -0.1) is 0 Å². The zero-order chi connectivity index (χ0) is 24.6. The van der Waals surface area contributed by atoms with Gasteiger partial charge in [-0.25, -0.2) is 5.43 Å². The van der Waals surface area contributed by atoms with E-state index in [1.54, 1.807) is 73.8 Å². The normalized spacial score (nSPS) is 12.3. The molecule has 0 atom stereocenters. The summed E-state index contributed by atoms with van der Waals surface area (Å²) in [5.41, 5.74) is 4.17. The van der Waals surface area contributed by atoms with Crippen molar-refractivity contribution >= 4 is 24.1 Å². The Balaban J connectivity index is 1.54. The Morgan fingerprint density at radius 2 is 1.63 bits per heavy atom. The first-order chi connectivity index (χ1) is 17.1. The van der Waals surface area contributed by atoms with Gasteiger partial charge in [-0.3, -0.25) is 9.59 Å². The van der Waals surface area contributed by atoms with Crippen molar-refractivity contribution in [3.05, 3.63) is 89.1 Å². The van der Waals surface area contributed by atoms with Gasteiger partial charge in [0, 0.05) is 5.56 Å². The van der Waals surface area contributed by atoms with E-state index in [-0.39, 0.29) is 12.5 Å². The Hall–Kier alpha value is -4.79. The number of carbonyl (C=O) groups excluding carboxylic acids is 2. The predicted octanol–water partition coefficient (Wildman–Crippen LogP) is 3.35. The molecular weight excluding hydrogens is 450 g/mol. The van der Waals surface area contributed by atoms with Crippen LogP contribution < -0.4 is 29.7 Å². The highest BCUT2D eigenvalue weighted by Crippen LogP contribution is 2.33. The molecule has 2 N–H and O–H groups in total. The van der Waals surface area contributed by atoms with Gasteiger partial charge in [-0.2, -0.15) is 5.10 Å². The number of rotatable bonds is 8. The van der Waals surface area contributed by atoms with Crippen molar-refractivity contribution in [2.75, 3.05) is 21.0 Å². The molecule has 9 nitrogen and oxygen atoms in total. The van der Waals surface area contributed by atoms with Crippen LogP contribution >= 0.6 is 0 Å². The molecule has 1 heterocycles. The molecule has 9 heteroatoms. The number of ether oxygens (including phenoxy) is 4. The van der Waals surface area contributed by atoms with Crippen molar-refractivity contribution in [2.24, 2.45) is 5.10 Å². The largest absolute Gasteiger partial charge is 0.493 e. The van der Waals surface area contributed by atoms with Gasteiger partial charge >= 0.3 is 0 Å². The van der Waals surface area contributed by atoms with E-state index in [0.29, 0.717) is 39.7 Å². The van der Waals surface area contributed by atoms with Gasteiger partial charge in [-0.05, 0) is 59.7 Å². The van der Waals surface area contributed by atoms with Crippen molar-refractivity contribution in [1.82, 2.24) is 10.7 Å². The molecule has 2 amide bonds. The van der Waals surface area contributed by atoms with E-state index in [0.717, 1.165) is 0 Å². The van der Waals surface area contributed by atoms with Gasteiger partial charge in [0.15, 0.2) is 23.0 Å². The van der Waals surface area contributed by atoms with Gasteiger partial charge in [0.2, 0.25) is 6.79 Å². The van der Waals surface area contributed by atoms with Crippen LogP contribution in [-0.4, -0.2) is 39.0 Å². The van der Waals surface area contributed by atoms with Crippen LogP contribution in [0.1, 0.15) is 21.5 Å². The van der Waals surface area contributed by atoms with E-state index in [1.165, 1.54) is 19.4 Å². The highest BCUT2D eigenvalue weighted by molar-refractivity contribution is 6.05. The summed E-state index contributed by atoms with van der Waals surface area (Å²) in [6.45, 7) is 0.130. The molecule has 0 saturated carbocycles. The van der Waals surface area contributed by atoms with Gasteiger partial charge < -0.3 is 24.3 Å². The van der Waals surface area contributed by atoms with Crippen LogP contribution in [0.2, 0.25) is 0 Å². The molecule has 0 spiro atoms. The Kier molecular flexibility index (Phi) is 7.27. The highest BCUT2D eigenvalue weighted by atomic mass is 16.7. The van der Waals surface area contributed by atoms with E-state index in [9.17, 15) is 9.59 Å². The first-order valence-corrected chi connectivity index (χ1v) is 10.6. The third kappa shape index (κ3) is 5.77. The van der Waals surface area contributed by atoms with Crippen LogP contribution in [0.15, 0.2) is 77.5 Å². The predicted molar refractivity (Wildman–Crippen MR) is 130 cm³/mol. The SMILES string of the molecule is COc1ccc(/C=N/NC(=O)/C(=C\c2ccc3c(c2)OCO3)NC(=O)c2ccccc2)cc1OC. The Labute approximate surface area is 202 Å². The molecule has 3 aromatic rings. The molecule has 35 heavy (non-hydrogen) atoms. The zero-order valence-corrected chi connectivity index (χ0v) is 19.1. The average Bonchev–Trinajstić information content (AvgIpc) is 3.36. The fourth-order valence-electron chi connectivity index (χ4n) is 3.27. The molecular formula is C26H23N3O6. The first-order valence-electron chi connectivity index (χ1n) is 10.6. The molecule has 3 aromatic carbocycles. The second-order valence-electron chi connectivity index (χ2n) is 7.30. The van der Waals surface area contributed by atoms with Crippen LogP contribution in [0.25, 0.3) is 6.08 Å². The van der Waals surface area contributed by atoms with Crippen LogP contribution in [0.4, 0.5) is 0 Å². The smallest absolute Gasteiger partial charge is 0.287 e. The molecule has 0 radical (unpaired) electrons. The third-order valence-electron chi connectivity index (χ3n) is 5.02. The fourth-order valence-corrected chi connectivity index (χ4v) is 3.27. The maximum atomic E-state index is 13.0. The minimum Gasteiger partial charge on any atom is -0.493 e. The van der Waals surface area contributed by atoms with Crippen molar-refractivity contribution in [3.63, 3.8) is 0 Å². The summed E-state index contributed by atoms with van der Waals surface area (Å²) in [5, 5.41) is 6.67. The zero-order valence-electron chi connectivity index (χ0n) is 19.1. The lowest BCUT2D eigenvalue weighted by Gasteiger charge is -2.10. The quantitative estimate of drug-likeness (QED) is 0.295. The maximum absolute atomic E-state index is 13.0. The number of fused-ring (bicyclic) bond motifs is 1. The minimum absolute atomic E-state index is 0.00202. The Morgan fingerprint density at radius 3 is 2.40 bits per heavy atom. The number of hydrogen-bond acceptors (Lipinski definition) is 7. The van der Waals surface area contributed by atoms with Gasteiger partial charge in [0.25, 0.3) is 11.8 Å².